The van der Waals surface area contributed by atoms with Crippen LogP contribution in [0.15, 0.2) is 36.4 Å². The third kappa shape index (κ3) is 6.12. The second-order valence-corrected chi connectivity index (χ2v) is 7.04. The maximum absolute atomic E-state index is 12.7. The molecule has 0 saturated carbocycles. The highest BCUT2D eigenvalue weighted by Crippen LogP contribution is 2.39. The largest absolute Gasteiger partial charge is 0.490 e. The van der Waals surface area contributed by atoms with Gasteiger partial charge in [0.1, 0.15) is 0 Å². The lowest BCUT2D eigenvalue weighted by atomic mass is 9.97. The van der Waals surface area contributed by atoms with Gasteiger partial charge in [-0.1, -0.05) is 24.3 Å². The number of rotatable bonds is 10. The Morgan fingerprint density at radius 1 is 0.931 bits per heavy atom. The Balaban J connectivity index is 2.18. The van der Waals surface area contributed by atoms with Gasteiger partial charge in [0, 0.05) is 12.1 Å². The van der Waals surface area contributed by atoms with Crippen molar-refractivity contribution in [3.05, 3.63) is 53.1 Å². The van der Waals surface area contributed by atoms with Gasteiger partial charge in [-0.05, 0) is 57.9 Å². The second kappa shape index (κ2) is 10.2. The molecule has 2 aromatic rings. The number of benzene rings is 2. The average Bonchev–Trinajstić information content (AvgIpc) is 2.68. The third-order valence-corrected chi connectivity index (χ3v) is 4.28. The molecule has 0 aliphatic rings. The first-order valence-electron chi connectivity index (χ1n) is 9.96. The summed E-state index contributed by atoms with van der Waals surface area (Å²) in [5.41, 5.74) is 1.30. The van der Waals surface area contributed by atoms with E-state index in [1.54, 1.807) is 26.0 Å². The topological polar surface area (TPSA) is 77.0 Å². The fourth-order valence-corrected chi connectivity index (χ4v) is 2.83. The van der Waals surface area contributed by atoms with Crippen LogP contribution < -0.4 is 19.5 Å². The first kappa shape index (κ1) is 22.6. The number of nitrogens with one attached hydrogen (secondary N) is 1. The van der Waals surface area contributed by atoms with E-state index < -0.39 is 5.60 Å². The zero-order valence-electron chi connectivity index (χ0n) is 17.9. The molecule has 0 heterocycles. The number of ether oxygens (including phenoxy) is 3. The molecule has 0 bridgehead atoms. The van der Waals surface area contributed by atoms with Gasteiger partial charge in [-0.15, -0.1) is 0 Å². The molecule has 2 N–H and O–H groups in total. The summed E-state index contributed by atoms with van der Waals surface area (Å²) in [6.07, 6.45) is 0. The molecule has 0 atom stereocenters. The Labute approximate surface area is 172 Å². The molecule has 29 heavy (non-hydrogen) atoms. The lowest BCUT2D eigenvalue weighted by Gasteiger charge is -2.18. The number of hydrogen-bond acceptors (Lipinski definition) is 5. The standard InChI is InChI=1S/C23H31NO5/c1-6-27-19-13-17(14-20(28-7-2)21(19)29-8-3)22(25)24-15-16-9-11-18(12-10-16)23(4,5)26/h9-14,26H,6-8,15H2,1-5H3,(H,24,25). The smallest absolute Gasteiger partial charge is 0.251 e. The lowest BCUT2D eigenvalue weighted by molar-refractivity contribution is 0.0785. The predicted molar refractivity (Wildman–Crippen MR) is 113 cm³/mol. The molecular weight excluding hydrogens is 370 g/mol. The Hall–Kier alpha value is -2.73. The van der Waals surface area contributed by atoms with E-state index in [0.717, 1.165) is 11.1 Å². The summed E-state index contributed by atoms with van der Waals surface area (Å²) in [5.74, 6) is 1.25. The van der Waals surface area contributed by atoms with E-state index in [9.17, 15) is 9.90 Å². The van der Waals surface area contributed by atoms with Gasteiger partial charge in [0.05, 0.1) is 25.4 Å². The Morgan fingerprint density at radius 3 is 1.90 bits per heavy atom. The van der Waals surface area contributed by atoms with Crippen molar-refractivity contribution in [3.63, 3.8) is 0 Å². The monoisotopic (exact) mass is 401 g/mol. The summed E-state index contributed by atoms with van der Waals surface area (Å²) in [4.78, 5) is 12.7. The van der Waals surface area contributed by atoms with Crippen LogP contribution in [0.3, 0.4) is 0 Å². The van der Waals surface area contributed by atoms with Gasteiger partial charge >= 0.3 is 0 Å². The van der Waals surface area contributed by atoms with Crippen LogP contribution >= 0.6 is 0 Å². The molecular formula is C23H31NO5. The minimum atomic E-state index is -0.893. The van der Waals surface area contributed by atoms with Crippen LogP contribution in [0.5, 0.6) is 17.2 Å². The van der Waals surface area contributed by atoms with Crippen LogP contribution in [-0.4, -0.2) is 30.8 Å². The van der Waals surface area contributed by atoms with Crippen molar-refractivity contribution in [1.82, 2.24) is 5.32 Å². The van der Waals surface area contributed by atoms with Gasteiger partial charge in [-0.3, -0.25) is 4.79 Å². The number of aliphatic hydroxyl groups is 1. The molecule has 0 radical (unpaired) electrons. The zero-order chi connectivity index (χ0) is 21.4. The zero-order valence-corrected chi connectivity index (χ0v) is 17.9. The first-order valence-corrected chi connectivity index (χ1v) is 9.96. The predicted octanol–water partition coefficient (Wildman–Crippen LogP) is 4.04. The van der Waals surface area contributed by atoms with E-state index >= 15 is 0 Å². The first-order chi connectivity index (χ1) is 13.8. The summed E-state index contributed by atoms with van der Waals surface area (Å²) in [5, 5.41) is 13.0. The normalized spacial score (nSPS) is 11.1. The highest BCUT2D eigenvalue weighted by molar-refractivity contribution is 5.95. The van der Waals surface area contributed by atoms with Gasteiger partial charge in [0.25, 0.3) is 5.91 Å². The maximum atomic E-state index is 12.7. The van der Waals surface area contributed by atoms with Crippen molar-refractivity contribution >= 4 is 5.91 Å². The fourth-order valence-electron chi connectivity index (χ4n) is 2.83. The van der Waals surface area contributed by atoms with Crippen molar-refractivity contribution in [2.24, 2.45) is 0 Å². The molecule has 0 fully saturated rings. The van der Waals surface area contributed by atoms with E-state index in [4.69, 9.17) is 14.2 Å². The number of carbonyl (C=O) groups is 1. The molecule has 2 aromatic carbocycles. The van der Waals surface area contributed by atoms with Crippen LogP contribution in [0.25, 0.3) is 0 Å². The van der Waals surface area contributed by atoms with E-state index in [1.165, 1.54) is 0 Å². The molecule has 158 valence electrons. The van der Waals surface area contributed by atoms with Crippen LogP contribution in [-0.2, 0) is 12.1 Å². The summed E-state index contributed by atoms with van der Waals surface area (Å²) in [6.45, 7) is 10.8. The van der Waals surface area contributed by atoms with Crippen molar-refractivity contribution < 1.29 is 24.1 Å². The highest BCUT2D eigenvalue weighted by atomic mass is 16.5. The van der Waals surface area contributed by atoms with Gasteiger partial charge in [0.2, 0.25) is 5.75 Å². The molecule has 6 heteroatoms. The van der Waals surface area contributed by atoms with Gasteiger partial charge in [0.15, 0.2) is 11.5 Å². The molecule has 0 aliphatic heterocycles. The van der Waals surface area contributed by atoms with E-state index in [-0.39, 0.29) is 5.91 Å². The Morgan fingerprint density at radius 2 is 1.45 bits per heavy atom. The molecule has 2 rings (SSSR count). The second-order valence-electron chi connectivity index (χ2n) is 7.04. The fraction of sp³-hybridized carbons (Fsp3) is 0.435. The Bertz CT molecular complexity index is 782. The van der Waals surface area contributed by atoms with Gasteiger partial charge < -0.3 is 24.6 Å². The lowest BCUT2D eigenvalue weighted by Crippen LogP contribution is -2.23. The molecule has 1 amide bonds. The summed E-state index contributed by atoms with van der Waals surface area (Å²) in [7, 11) is 0. The summed E-state index contributed by atoms with van der Waals surface area (Å²) in [6, 6.07) is 10.8. The molecule has 0 aromatic heterocycles. The van der Waals surface area contributed by atoms with Crippen LogP contribution in [0.4, 0.5) is 0 Å². The number of carbonyl (C=O) groups excluding carboxylic acids is 1. The van der Waals surface area contributed by atoms with E-state index in [0.29, 0.717) is 49.2 Å². The SMILES string of the molecule is CCOc1cc(C(=O)NCc2ccc(C(C)(C)O)cc2)cc(OCC)c1OCC. The molecule has 0 aliphatic carbocycles. The maximum Gasteiger partial charge on any atom is 0.251 e. The molecule has 0 unspecified atom stereocenters. The van der Waals surface area contributed by atoms with Crippen LogP contribution in [0.1, 0.15) is 56.1 Å². The minimum Gasteiger partial charge on any atom is -0.490 e. The van der Waals surface area contributed by atoms with Gasteiger partial charge in [-0.25, -0.2) is 0 Å². The summed E-state index contributed by atoms with van der Waals surface area (Å²) < 4.78 is 17.0. The third-order valence-electron chi connectivity index (χ3n) is 4.28. The van der Waals surface area contributed by atoms with Gasteiger partial charge in [-0.2, -0.15) is 0 Å². The molecule has 0 spiro atoms. The Kier molecular flexibility index (Phi) is 7.91. The van der Waals surface area contributed by atoms with E-state index in [2.05, 4.69) is 5.32 Å². The van der Waals surface area contributed by atoms with Crippen LogP contribution in [0, 0.1) is 0 Å². The van der Waals surface area contributed by atoms with Crippen molar-refractivity contribution in [2.45, 2.75) is 46.8 Å². The number of amides is 1. The minimum absolute atomic E-state index is 0.235. The van der Waals surface area contributed by atoms with Crippen LogP contribution in [0.2, 0.25) is 0 Å². The molecule has 0 saturated heterocycles. The highest BCUT2D eigenvalue weighted by Gasteiger charge is 2.19. The van der Waals surface area contributed by atoms with Crippen molar-refractivity contribution in [1.29, 1.82) is 0 Å². The number of hydrogen-bond donors (Lipinski definition) is 2. The quantitative estimate of drug-likeness (QED) is 0.628. The van der Waals surface area contributed by atoms with Crippen molar-refractivity contribution in [2.75, 3.05) is 19.8 Å². The van der Waals surface area contributed by atoms with Crippen molar-refractivity contribution in [3.8, 4) is 17.2 Å². The average molecular weight is 402 g/mol. The summed E-state index contributed by atoms with van der Waals surface area (Å²) >= 11 is 0. The van der Waals surface area contributed by atoms with E-state index in [1.807, 2.05) is 45.0 Å². The molecule has 6 nitrogen and oxygen atoms in total.